The van der Waals surface area contributed by atoms with E-state index in [0.717, 1.165) is 38.0 Å². The number of hydrogen-bond donors (Lipinski definition) is 2. The van der Waals surface area contributed by atoms with Crippen molar-refractivity contribution in [3.63, 3.8) is 0 Å². The van der Waals surface area contributed by atoms with Crippen LogP contribution in [-0.4, -0.2) is 36.9 Å². The Bertz CT molecular complexity index is 721. The van der Waals surface area contributed by atoms with Gasteiger partial charge in [0.25, 0.3) is 0 Å². The smallest absolute Gasteiger partial charge is 0.248 e. The Morgan fingerprint density at radius 2 is 1.93 bits per heavy atom. The monoisotopic (exact) mass is 388 g/mol. The molecule has 2 heterocycles. The summed E-state index contributed by atoms with van der Waals surface area (Å²) in [5, 5.41) is 2.74. The normalized spacial score (nSPS) is 13.9. The second-order valence-corrected chi connectivity index (χ2v) is 6.31. The van der Waals surface area contributed by atoms with Gasteiger partial charge in [0.15, 0.2) is 6.29 Å². The quantitative estimate of drug-likeness (QED) is 0.712. The van der Waals surface area contributed by atoms with Crippen LogP contribution in [0.4, 0.5) is 0 Å². The summed E-state index contributed by atoms with van der Waals surface area (Å²) in [6.45, 7) is 4.33. The lowest BCUT2D eigenvalue weighted by molar-refractivity contribution is -0.181. The molecule has 0 atom stereocenters. The van der Waals surface area contributed by atoms with Crippen LogP contribution in [-0.2, 0) is 20.9 Å². The highest BCUT2D eigenvalue weighted by molar-refractivity contribution is 5.72. The van der Waals surface area contributed by atoms with Gasteiger partial charge in [0.1, 0.15) is 12.4 Å². The standard InChI is InChI=1S/C12H11NO2.C9H17NO3/c14-12-7-6-11(8-13-12)15-9-10-4-2-1-3-5-10;1-8(11)10-5-2-4-9-12-6-3-7-13-9/h1-8H,9H2,(H,13,14);9H,2-7H2,1H3,(H,10,11). The van der Waals surface area contributed by atoms with Gasteiger partial charge in [-0.05, 0) is 24.5 Å². The highest BCUT2D eigenvalue weighted by atomic mass is 16.7. The average Bonchev–Trinajstić information content (AvgIpc) is 2.73. The van der Waals surface area contributed by atoms with Crippen LogP contribution in [0.5, 0.6) is 5.75 Å². The zero-order valence-corrected chi connectivity index (χ0v) is 16.2. The van der Waals surface area contributed by atoms with E-state index in [2.05, 4.69) is 10.3 Å². The van der Waals surface area contributed by atoms with Crippen LogP contribution in [0, 0.1) is 0 Å². The molecule has 1 aromatic carbocycles. The topological polar surface area (TPSA) is 89.7 Å². The van der Waals surface area contributed by atoms with Crippen molar-refractivity contribution >= 4 is 5.91 Å². The first-order valence-electron chi connectivity index (χ1n) is 9.46. The number of nitrogens with one attached hydrogen (secondary N) is 2. The summed E-state index contributed by atoms with van der Waals surface area (Å²) in [5.41, 5.74) is 0.978. The van der Waals surface area contributed by atoms with Crippen molar-refractivity contribution in [1.29, 1.82) is 0 Å². The minimum atomic E-state index is -0.123. The van der Waals surface area contributed by atoms with Crippen molar-refractivity contribution in [2.24, 2.45) is 0 Å². The van der Waals surface area contributed by atoms with Crippen molar-refractivity contribution < 1.29 is 19.0 Å². The maximum atomic E-state index is 10.8. The Balaban J connectivity index is 0.000000203. The van der Waals surface area contributed by atoms with Gasteiger partial charge in [0.2, 0.25) is 11.5 Å². The summed E-state index contributed by atoms with van der Waals surface area (Å²) in [6.07, 6.45) is 4.26. The molecule has 0 aliphatic carbocycles. The number of amides is 1. The molecule has 1 aliphatic rings. The van der Waals surface area contributed by atoms with E-state index in [4.69, 9.17) is 14.2 Å². The van der Waals surface area contributed by atoms with Crippen LogP contribution in [0.25, 0.3) is 0 Å². The van der Waals surface area contributed by atoms with E-state index in [1.807, 2.05) is 30.3 Å². The maximum Gasteiger partial charge on any atom is 0.248 e. The number of carbonyl (C=O) groups excluding carboxylic acids is 1. The maximum absolute atomic E-state index is 10.8. The first-order chi connectivity index (χ1) is 13.6. The molecular weight excluding hydrogens is 360 g/mol. The number of H-pyrrole nitrogens is 1. The molecule has 28 heavy (non-hydrogen) atoms. The van der Waals surface area contributed by atoms with E-state index < -0.39 is 0 Å². The lowest BCUT2D eigenvalue weighted by Gasteiger charge is -2.22. The van der Waals surface area contributed by atoms with E-state index in [1.54, 1.807) is 12.3 Å². The van der Waals surface area contributed by atoms with Crippen LogP contribution in [0.15, 0.2) is 53.5 Å². The molecule has 152 valence electrons. The van der Waals surface area contributed by atoms with Gasteiger partial charge in [-0.3, -0.25) is 9.59 Å². The molecule has 1 amide bonds. The van der Waals surface area contributed by atoms with Gasteiger partial charge in [-0.25, -0.2) is 0 Å². The van der Waals surface area contributed by atoms with Gasteiger partial charge in [0.05, 0.1) is 13.2 Å². The fourth-order valence-corrected chi connectivity index (χ4v) is 2.46. The van der Waals surface area contributed by atoms with Crippen LogP contribution >= 0.6 is 0 Å². The SMILES string of the molecule is CC(=O)NCCCC1OCCCO1.O=c1ccc(OCc2ccccc2)c[nH]1. The summed E-state index contributed by atoms with van der Waals surface area (Å²) in [5.74, 6) is 0.684. The third kappa shape index (κ3) is 9.34. The van der Waals surface area contributed by atoms with Gasteiger partial charge >= 0.3 is 0 Å². The lowest BCUT2D eigenvalue weighted by Crippen LogP contribution is -2.27. The van der Waals surface area contributed by atoms with E-state index in [0.29, 0.717) is 18.9 Å². The fraction of sp³-hybridized carbons (Fsp3) is 0.429. The Morgan fingerprint density at radius 3 is 2.57 bits per heavy atom. The molecule has 1 aliphatic heterocycles. The third-order valence-corrected chi connectivity index (χ3v) is 3.89. The molecule has 2 aromatic rings. The minimum Gasteiger partial charge on any atom is -0.487 e. The molecule has 0 unspecified atom stereocenters. The van der Waals surface area contributed by atoms with Crippen molar-refractivity contribution in [3.8, 4) is 5.75 Å². The van der Waals surface area contributed by atoms with Gasteiger partial charge in [0, 0.05) is 32.2 Å². The third-order valence-electron chi connectivity index (χ3n) is 3.89. The molecular formula is C21H28N2O5. The Kier molecular flexibility index (Phi) is 9.82. The second-order valence-electron chi connectivity index (χ2n) is 6.31. The van der Waals surface area contributed by atoms with Crippen molar-refractivity contribution in [2.45, 2.75) is 39.1 Å². The predicted octanol–water partition coefficient (Wildman–Crippen LogP) is 2.62. The largest absolute Gasteiger partial charge is 0.487 e. The summed E-state index contributed by atoms with van der Waals surface area (Å²) in [7, 11) is 0. The van der Waals surface area contributed by atoms with E-state index in [9.17, 15) is 9.59 Å². The number of pyridine rings is 1. The highest BCUT2D eigenvalue weighted by Crippen LogP contribution is 2.10. The van der Waals surface area contributed by atoms with E-state index >= 15 is 0 Å². The number of ether oxygens (including phenoxy) is 3. The first kappa shape index (κ1) is 21.7. The number of benzene rings is 1. The molecule has 7 nitrogen and oxygen atoms in total. The van der Waals surface area contributed by atoms with Crippen LogP contribution in [0.1, 0.15) is 31.7 Å². The minimum absolute atomic E-state index is 0.0190. The molecule has 0 saturated carbocycles. The van der Waals surface area contributed by atoms with Crippen molar-refractivity contribution in [1.82, 2.24) is 10.3 Å². The molecule has 0 spiro atoms. The molecule has 2 N–H and O–H groups in total. The van der Waals surface area contributed by atoms with E-state index in [-0.39, 0.29) is 17.8 Å². The number of hydrogen-bond acceptors (Lipinski definition) is 5. The van der Waals surface area contributed by atoms with Crippen molar-refractivity contribution in [2.75, 3.05) is 19.8 Å². The van der Waals surface area contributed by atoms with Gasteiger partial charge in [-0.2, -0.15) is 0 Å². The van der Waals surface area contributed by atoms with Crippen LogP contribution in [0.2, 0.25) is 0 Å². The second kappa shape index (κ2) is 12.7. The number of aromatic nitrogens is 1. The fourth-order valence-electron chi connectivity index (χ4n) is 2.46. The summed E-state index contributed by atoms with van der Waals surface area (Å²) < 4.78 is 16.2. The molecule has 3 rings (SSSR count). The molecule has 1 aromatic heterocycles. The summed E-state index contributed by atoms with van der Waals surface area (Å²) >= 11 is 0. The molecule has 0 radical (unpaired) electrons. The highest BCUT2D eigenvalue weighted by Gasteiger charge is 2.12. The zero-order chi connectivity index (χ0) is 20.0. The molecule has 1 fully saturated rings. The van der Waals surface area contributed by atoms with Gasteiger partial charge < -0.3 is 24.5 Å². The van der Waals surface area contributed by atoms with Crippen LogP contribution in [0.3, 0.4) is 0 Å². The average molecular weight is 388 g/mol. The number of aromatic amines is 1. The summed E-state index contributed by atoms with van der Waals surface area (Å²) in [4.78, 5) is 23.9. The van der Waals surface area contributed by atoms with Crippen LogP contribution < -0.4 is 15.6 Å². The number of carbonyl (C=O) groups is 1. The van der Waals surface area contributed by atoms with E-state index in [1.165, 1.54) is 13.0 Å². The molecule has 1 saturated heterocycles. The Hall–Kier alpha value is -2.64. The Labute approximate surface area is 165 Å². The zero-order valence-electron chi connectivity index (χ0n) is 16.2. The predicted molar refractivity (Wildman–Crippen MR) is 106 cm³/mol. The van der Waals surface area contributed by atoms with Gasteiger partial charge in [-0.15, -0.1) is 0 Å². The first-order valence-corrected chi connectivity index (χ1v) is 9.46. The lowest BCUT2D eigenvalue weighted by atomic mass is 10.2. The molecule has 0 bridgehead atoms. The Morgan fingerprint density at radius 1 is 1.18 bits per heavy atom. The van der Waals surface area contributed by atoms with Crippen molar-refractivity contribution in [3.05, 3.63) is 64.6 Å². The van der Waals surface area contributed by atoms with Gasteiger partial charge in [-0.1, -0.05) is 30.3 Å². The number of rotatable bonds is 7. The summed E-state index contributed by atoms with van der Waals surface area (Å²) in [6, 6.07) is 13.0. The molecule has 7 heteroatoms.